The van der Waals surface area contributed by atoms with Crippen molar-refractivity contribution in [3.8, 4) is 11.1 Å². The average Bonchev–Trinajstić information content (AvgIpc) is 3.40. The van der Waals surface area contributed by atoms with Gasteiger partial charge in [-0.15, -0.1) is 0 Å². The van der Waals surface area contributed by atoms with Gasteiger partial charge in [0, 0.05) is 32.0 Å². The highest BCUT2D eigenvalue weighted by atomic mass is 32.2. The van der Waals surface area contributed by atoms with Gasteiger partial charge in [-0.1, -0.05) is 6.07 Å². The minimum absolute atomic E-state index is 0.176. The van der Waals surface area contributed by atoms with Crippen molar-refractivity contribution in [1.82, 2.24) is 9.78 Å². The maximum Gasteiger partial charge on any atom is 0.417 e. The van der Waals surface area contributed by atoms with E-state index in [1.165, 1.54) is 23.1 Å². The highest BCUT2D eigenvalue weighted by Gasteiger charge is 2.48. The van der Waals surface area contributed by atoms with Crippen LogP contribution in [0.1, 0.15) is 31.2 Å². The lowest BCUT2D eigenvalue weighted by Crippen LogP contribution is -2.33. The molecule has 34 heavy (non-hydrogen) atoms. The van der Waals surface area contributed by atoms with Crippen LogP contribution < -0.4 is 0 Å². The first-order chi connectivity index (χ1) is 16.0. The summed E-state index contributed by atoms with van der Waals surface area (Å²) < 4.78 is 81.2. The molecule has 2 aromatic rings. The SMILES string of the molecule is Cn1cc(-c2ccc(S(=O)(=O)[C@H]3C[C@@H](OC4CCOCC4)[C@H](C(=O)O)C3)c(C(F)(F)F)c2)cn1. The summed E-state index contributed by atoms with van der Waals surface area (Å²) in [4.78, 5) is 11.0. The van der Waals surface area contributed by atoms with Crippen LogP contribution in [-0.2, 0) is 37.3 Å². The summed E-state index contributed by atoms with van der Waals surface area (Å²) in [5, 5.41) is 12.3. The van der Waals surface area contributed by atoms with Gasteiger partial charge in [-0.3, -0.25) is 9.48 Å². The van der Waals surface area contributed by atoms with Crippen LogP contribution in [0.3, 0.4) is 0 Å². The first-order valence-corrected chi connectivity index (χ1v) is 12.4. The van der Waals surface area contributed by atoms with Gasteiger partial charge in [-0.2, -0.15) is 18.3 Å². The molecular weight excluding hydrogens is 477 g/mol. The third-order valence-corrected chi connectivity index (χ3v) is 8.61. The number of aryl methyl sites for hydroxylation is 1. The Balaban J connectivity index is 1.65. The van der Waals surface area contributed by atoms with Gasteiger partial charge in [0.1, 0.15) is 0 Å². The van der Waals surface area contributed by atoms with E-state index in [0.29, 0.717) is 31.6 Å². The Morgan fingerprint density at radius 3 is 2.50 bits per heavy atom. The number of sulfone groups is 1. The quantitative estimate of drug-likeness (QED) is 0.646. The molecule has 2 aliphatic rings. The summed E-state index contributed by atoms with van der Waals surface area (Å²) >= 11 is 0. The molecule has 1 N–H and O–H groups in total. The Hall–Kier alpha value is -2.44. The van der Waals surface area contributed by atoms with Crippen molar-refractivity contribution < 1.29 is 41.0 Å². The number of halogens is 3. The lowest BCUT2D eigenvalue weighted by Gasteiger charge is -2.27. The van der Waals surface area contributed by atoms with E-state index in [9.17, 15) is 31.5 Å². The molecule has 1 aliphatic heterocycles. The van der Waals surface area contributed by atoms with Crippen molar-refractivity contribution in [1.29, 1.82) is 0 Å². The molecule has 1 aliphatic carbocycles. The van der Waals surface area contributed by atoms with Crippen molar-refractivity contribution in [2.75, 3.05) is 13.2 Å². The second-order valence-electron chi connectivity index (χ2n) is 8.68. The number of hydrogen-bond donors (Lipinski definition) is 1. The van der Waals surface area contributed by atoms with Gasteiger partial charge in [0.05, 0.1) is 40.0 Å². The van der Waals surface area contributed by atoms with Gasteiger partial charge >= 0.3 is 12.1 Å². The van der Waals surface area contributed by atoms with Gasteiger partial charge < -0.3 is 14.6 Å². The topological polar surface area (TPSA) is 108 Å². The highest BCUT2D eigenvalue weighted by Crippen LogP contribution is 2.42. The average molecular weight is 503 g/mol. The minimum atomic E-state index is -4.93. The molecule has 12 heteroatoms. The Labute approximate surface area is 194 Å². The number of alkyl halides is 3. The van der Waals surface area contributed by atoms with E-state index in [4.69, 9.17) is 9.47 Å². The minimum Gasteiger partial charge on any atom is -0.481 e. The second-order valence-corrected chi connectivity index (χ2v) is 10.9. The highest BCUT2D eigenvalue weighted by molar-refractivity contribution is 7.92. The third kappa shape index (κ3) is 4.98. The largest absolute Gasteiger partial charge is 0.481 e. The van der Waals surface area contributed by atoms with Crippen molar-refractivity contribution in [3.63, 3.8) is 0 Å². The van der Waals surface area contributed by atoms with Crippen LogP contribution in [0.2, 0.25) is 0 Å². The van der Waals surface area contributed by atoms with Gasteiger partial charge in [0.2, 0.25) is 0 Å². The number of carbonyl (C=O) groups is 1. The Bertz CT molecular complexity index is 1160. The molecule has 2 heterocycles. The van der Waals surface area contributed by atoms with Gasteiger partial charge in [-0.25, -0.2) is 8.42 Å². The van der Waals surface area contributed by atoms with Crippen LogP contribution in [-0.4, -0.2) is 59.9 Å². The molecule has 0 radical (unpaired) electrons. The number of hydrogen-bond acceptors (Lipinski definition) is 6. The molecule has 2 fully saturated rings. The van der Waals surface area contributed by atoms with Gasteiger partial charge in [-0.05, 0) is 43.4 Å². The monoisotopic (exact) mass is 502 g/mol. The summed E-state index contributed by atoms with van der Waals surface area (Å²) in [5.41, 5.74) is -0.696. The first-order valence-electron chi connectivity index (χ1n) is 10.9. The molecule has 4 rings (SSSR count). The molecule has 0 bridgehead atoms. The Morgan fingerprint density at radius 2 is 1.91 bits per heavy atom. The summed E-state index contributed by atoms with van der Waals surface area (Å²) in [6.45, 7) is 0.907. The van der Waals surface area contributed by atoms with Crippen molar-refractivity contribution >= 4 is 15.8 Å². The van der Waals surface area contributed by atoms with Gasteiger partial charge in [0.25, 0.3) is 0 Å². The van der Waals surface area contributed by atoms with Gasteiger partial charge in [0.15, 0.2) is 9.84 Å². The first kappa shape index (κ1) is 24.7. The molecule has 0 unspecified atom stereocenters. The van der Waals surface area contributed by atoms with E-state index in [1.54, 1.807) is 7.05 Å². The van der Waals surface area contributed by atoms with Crippen molar-refractivity contribution in [2.24, 2.45) is 13.0 Å². The Morgan fingerprint density at radius 1 is 1.21 bits per heavy atom. The number of ether oxygens (including phenoxy) is 2. The van der Waals surface area contributed by atoms with Crippen molar-refractivity contribution in [2.45, 2.75) is 54.2 Å². The number of carboxylic acids is 1. The zero-order valence-electron chi connectivity index (χ0n) is 18.4. The number of aliphatic carboxylic acids is 1. The summed E-state index contributed by atoms with van der Waals surface area (Å²) in [6.07, 6.45) is -2.58. The molecule has 1 aromatic carbocycles. The lowest BCUT2D eigenvalue weighted by molar-refractivity contribution is -0.149. The zero-order chi connectivity index (χ0) is 24.7. The normalized spacial score (nSPS) is 24.4. The fraction of sp³-hybridized carbons (Fsp3) is 0.545. The second kappa shape index (κ2) is 9.31. The van der Waals surface area contributed by atoms with E-state index >= 15 is 0 Å². The summed E-state index contributed by atoms with van der Waals surface area (Å²) in [7, 11) is -2.88. The van der Waals surface area contributed by atoms with E-state index in [1.807, 2.05) is 0 Å². The number of benzene rings is 1. The molecule has 8 nitrogen and oxygen atoms in total. The van der Waals surface area contributed by atoms with E-state index in [-0.39, 0.29) is 24.5 Å². The lowest BCUT2D eigenvalue weighted by atomic mass is 10.1. The van der Waals surface area contributed by atoms with E-state index in [0.717, 1.165) is 12.1 Å². The Kier molecular flexibility index (Phi) is 6.76. The van der Waals surface area contributed by atoms with Crippen LogP contribution in [0.5, 0.6) is 0 Å². The molecular formula is C22H25F3N2O6S. The summed E-state index contributed by atoms with van der Waals surface area (Å²) in [6, 6.07) is 3.05. The van der Waals surface area contributed by atoms with Crippen LogP contribution in [0, 0.1) is 5.92 Å². The number of carboxylic acid groups (broad SMARTS) is 1. The molecule has 1 saturated carbocycles. The number of aromatic nitrogens is 2. The summed E-state index contributed by atoms with van der Waals surface area (Å²) in [5.74, 6) is -2.34. The smallest absolute Gasteiger partial charge is 0.417 e. The molecule has 0 amide bonds. The number of nitrogens with zero attached hydrogens (tertiary/aromatic N) is 2. The standard InChI is InChI=1S/C22H25F3N2O6S/c1-27-12-14(11-26-27)13-2-3-20(18(8-13)22(23,24)25)34(30,31)16-9-17(21(28)29)19(10-16)33-15-4-6-32-7-5-15/h2-3,8,11-12,15-17,19H,4-7,9-10H2,1H3,(H,28,29)/t16-,17-,19-/m1/s1. The van der Waals surface area contributed by atoms with E-state index in [2.05, 4.69) is 5.10 Å². The van der Waals surface area contributed by atoms with Crippen LogP contribution in [0.25, 0.3) is 11.1 Å². The van der Waals surface area contributed by atoms with E-state index < -0.39 is 49.7 Å². The van der Waals surface area contributed by atoms with Crippen LogP contribution in [0.4, 0.5) is 13.2 Å². The molecule has 0 spiro atoms. The van der Waals surface area contributed by atoms with Crippen molar-refractivity contribution in [3.05, 3.63) is 36.2 Å². The third-order valence-electron chi connectivity index (χ3n) is 6.38. The molecule has 1 saturated heterocycles. The predicted molar refractivity (Wildman–Crippen MR) is 114 cm³/mol. The maximum atomic E-state index is 13.9. The fourth-order valence-electron chi connectivity index (χ4n) is 4.61. The zero-order valence-corrected chi connectivity index (χ0v) is 19.2. The number of rotatable bonds is 6. The molecule has 186 valence electrons. The molecule has 1 aromatic heterocycles. The van der Waals surface area contributed by atoms with Crippen LogP contribution in [0.15, 0.2) is 35.5 Å². The predicted octanol–water partition coefficient (Wildman–Crippen LogP) is 3.31. The molecule has 3 atom stereocenters. The van der Waals surface area contributed by atoms with Crippen LogP contribution >= 0.6 is 0 Å². The maximum absolute atomic E-state index is 13.9. The fourth-order valence-corrected chi connectivity index (χ4v) is 6.61.